The SMILES string of the molecule is CN=C(NCc1cccc(Cn2ccnc2)c1)N(C)Cc1ccc(SC)cc1.I. The van der Waals surface area contributed by atoms with Gasteiger partial charge in [0.15, 0.2) is 5.96 Å². The van der Waals surface area contributed by atoms with Gasteiger partial charge < -0.3 is 14.8 Å². The number of hydrogen-bond acceptors (Lipinski definition) is 3. The van der Waals surface area contributed by atoms with Gasteiger partial charge in [0.25, 0.3) is 0 Å². The molecule has 0 saturated carbocycles. The number of aromatic nitrogens is 2. The summed E-state index contributed by atoms with van der Waals surface area (Å²) in [5.74, 6) is 0.883. The average Bonchev–Trinajstić information content (AvgIpc) is 3.22. The fraction of sp³-hybridized carbons (Fsp3) is 0.273. The molecule has 0 atom stereocenters. The molecule has 2 aromatic carbocycles. The molecule has 0 aliphatic carbocycles. The Kier molecular flexibility index (Phi) is 9.53. The van der Waals surface area contributed by atoms with E-state index in [0.29, 0.717) is 0 Å². The highest BCUT2D eigenvalue weighted by molar-refractivity contribution is 14.0. The first-order chi connectivity index (χ1) is 13.7. The van der Waals surface area contributed by atoms with Gasteiger partial charge in [0, 0.05) is 51.0 Å². The Morgan fingerprint density at radius 3 is 2.55 bits per heavy atom. The predicted octanol–water partition coefficient (Wildman–Crippen LogP) is 4.48. The summed E-state index contributed by atoms with van der Waals surface area (Å²) in [7, 11) is 3.89. The molecule has 154 valence electrons. The Hall–Kier alpha value is -2.00. The molecule has 0 bridgehead atoms. The van der Waals surface area contributed by atoms with Gasteiger partial charge in [0.2, 0.25) is 0 Å². The lowest BCUT2D eigenvalue weighted by Gasteiger charge is -2.22. The second-order valence-corrected chi connectivity index (χ2v) is 7.54. The highest BCUT2D eigenvalue weighted by Gasteiger charge is 2.07. The summed E-state index contributed by atoms with van der Waals surface area (Å²) in [4.78, 5) is 12.0. The van der Waals surface area contributed by atoms with Crippen LogP contribution in [0.25, 0.3) is 0 Å². The number of benzene rings is 2. The van der Waals surface area contributed by atoms with Crippen molar-refractivity contribution in [3.63, 3.8) is 0 Å². The normalized spacial score (nSPS) is 11.1. The maximum atomic E-state index is 4.43. The molecular weight excluding hydrogens is 493 g/mol. The maximum Gasteiger partial charge on any atom is 0.193 e. The van der Waals surface area contributed by atoms with Crippen molar-refractivity contribution in [3.05, 3.63) is 83.9 Å². The standard InChI is InChI=1S/C22H27N5S.HI/c1-23-22(26(2)15-18-7-9-21(28-3)10-8-18)25-14-19-5-4-6-20(13-19)16-27-12-11-24-17-27;/h4-13,17H,14-16H2,1-3H3,(H,23,25);1H. The van der Waals surface area contributed by atoms with Gasteiger partial charge in [-0.2, -0.15) is 0 Å². The third-order valence-electron chi connectivity index (χ3n) is 4.52. The van der Waals surface area contributed by atoms with Crippen molar-refractivity contribution in [2.75, 3.05) is 20.4 Å². The minimum atomic E-state index is 0. The molecule has 5 nitrogen and oxygen atoms in total. The molecule has 0 saturated heterocycles. The summed E-state index contributed by atoms with van der Waals surface area (Å²) < 4.78 is 2.07. The van der Waals surface area contributed by atoms with Crippen LogP contribution < -0.4 is 5.32 Å². The molecule has 7 heteroatoms. The molecule has 0 aliphatic rings. The van der Waals surface area contributed by atoms with Crippen LogP contribution in [0.3, 0.4) is 0 Å². The largest absolute Gasteiger partial charge is 0.352 e. The monoisotopic (exact) mass is 521 g/mol. The van der Waals surface area contributed by atoms with E-state index in [1.807, 2.05) is 19.6 Å². The molecule has 0 unspecified atom stereocenters. The summed E-state index contributed by atoms with van der Waals surface area (Å²) in [5.41, 5.74) is 3.76. The fourth-order valence-electron chi connectivity index (χ4n) is 3.07. The third-order valence-corrected chi connectivity index (χ3v) is 5.26. The van der Waals surface area contributed by atoms with E-state index in [1.165, 1.54) is 21.6 Å². The molecule has 0 aliphatic heterocycles. The molecule has 0 radical (unpaired) electrons. The first-order valence-electron chi connectivity index (χ1n) is 9.26. The predicted molar refractivity (Wildman–Crippen MR) is 133 cm³/mol. The van der Waals surface area contributed by atoms with Gasteiger partial charge in [-0.15, -0.1) is 35.7 Å². The van der Waals surface area contributed by atoms with Crippen molar-refractivity contribution in [1.82, 2.24) is 19.8 Å². The van der Waals surface area contributed by atoms with Gasteiger partial charge in [0.1, 0.15) is 0 Å². The lowest BCUT2D eigenvalue weighted by atomic mass is 10.1. The molecule has 29 heavy (non-hydrogen) atoms. The van der Waals surface area contributed by atoms with E-state index in [4.69, 9.17) is 0 Å². The molecular formula is C22H28IN5S. The van der Waals surface area contributed by atoms with Crippen LogP contribution in [0.1, 0.15) is 16.7 Å². The number of nitrogens with zero attached hydrogens (tertiary/aromatic N) is 4. The minimum Gasteiger partial charge on any atom is -0.352 e. The number of thioether (sulfide) groups is 1. The summed E-state index contributed by atoms with van der Waals surface area (Å²) in [6.07, 6.45) is 7.72. The van der Waals surface area contributed by atoms with Crippen LogP contribution in [0, 0.1) is 0 Å². The molecule has 0 fully saturated rings. The van der Waals surface area contributed by atoms with Crippen LogP contribution in [0.5, 0.6) is 0 Å². The zero-order valence-electron chi connectivity index (χ0n) is 17.1. The Morgan fingerprint density at radius 1 is 1.14 bits per heavy atom. The summed E-state index contributed by atoms with van der Waals surface area (Å²) in [5, 5.41) is 3.47. The van der Waals surface area contributed by atoms with Gasteiger partial charge in [-0.3, -0.25) is 4.99 Å². The molecule has 3 aromatic rings. The Labute approximate surface area is 194 Å². The number of guanidine groups is 1. The molecule has 1 N–H and O–H groups in total. The molecule has 1 heterocycles. The first-order valence-corrected chi connectivity index (χ1v) is 10.5. The topological polar surface area (TPSA) is 45.5 Å². The van der Waals surface area contributed by atoms with Crippen molar-refractivity contribution in [1.29, 1.82) is 0 Å². The zero-order valence-corrected chi connectivity index (χ0v) is 20.2. The first kappa shape index (κ1) is 23.3. The second-order valence-electron chi connectivity index (χ2n) is 6.66. The number of halogens is 1. The molecule has 0 spiro atoms. The van der Waals surface area contributed by atoms with Gasteiger partial charge in [0.05, 0.1) is 6.33 Å². The van der Waals surface area contributed by atoms with Gasteiger partial charge in [-0.25, -0.2) is 4.98 Å². The quantitative estimate of drug-likeness (QED) is 0.216. The number of hydrogen-bond donors (Lipinski definition) is 1. The van der Waals surface area contributed by atoms with Crippen molar-refractivity contribution in [3.8, 4) is 0 Å². The van der Waals surface area contributed by atoms with E-state index in [2.05, 4.69) is 86.6 Å². The smallest absolute Gasteiger partial charge is 0.193 e. The number of imidazole rings is 1. The van der Waals surface area contributed by atoms with Crippen molar-refractivity contribution in [2.24, 2.45) is 4.99 Å². The van der Waals surface area contributed by atoms with Crippen LogP contribution in [-0.4, -0.2) is 40.8 Å². The van der Waals surface area contributed by atoms with Crippen molar-refractivity contribution >= 4 is 41.7 Å². The van der Waals surface area contributed by atoms with Crippen molar-refractivity contribution < 1.29 is 0 Å². The van der Waals surface area contributed by atoms with Crippen LogP contribution in [-0.2, 0) is 19.6 Å². The highest BCUT2D eigenvalue weighted by atomic mass is 127. The maximum absolute atomic E-state index is 4.43. The van der Waals surface area contributed by atoms with Gasteiger partial charge in [-0.05, 0) is 35.1 Å². The van der Waals surface area contributed by atoms with Crippen molar-refractivity contribution in [2.45, 2.75) is 24.5 Å². The second kappa shape index (κ2) is 11.9. The van der Waals surface area contributed by atoms with E-state index in [9.17, 15) is 0 Å². The summed E-state index contributed by atoms with van der Waals surface area (Å²) in [6, 6.07) is 17.3. The Bertz CT molecular complexity index is 894. The van der Waals surface area contributed by atoms with E-state index >= 15 is 0 Å². The molecule has 3 rings (SSSR count). The number of nitrogens with one attached hydrogen (secondary N) is 1. The summed E-state index contributed by atoms with van der Waals surface area (Å²) in [6.45, 7) is 2.38. The van der Waals surface area contributed by atoms with E-state index in [0.717, 1.165) is 25.6 Å². The average molecular weight is 521 g/mol. The minimum absolute atomic E-state index is 0. The molecule has 1 aromatic heterocycles. The van der Waals surface area contributed by atoms with Crippen LogP contribution in [0.4, 0.5) is 0 Å². The molecule has 0 amide bonds. The van der Waals surface area contributed by atoms with E-state index in [1.54, 1.807) is 18.0 Å². The number of rotatable bonds is 7. The Morgan fingerprint density at radius 2 is 1.90 bits per heavy atom. The fourth-order valence-corrected chi connectivity index (χ4v) is 3.48. The van der Waals surface area contributed by atoms with Gasteiger partial charge >= 0.3 is 0 Å². The Balaban J connectivity index is 0.00000300. The van der Waals surface area contributed by atoms with E-state index < -0.39 is 0 Å². The highest BCUT2D eigenvalue weighted by Crippen LogP contribution is 2.15. The summed E-state index contributed by atoms with van der Waals surface area (Å²) >= 11 is 1.76. The number of aliphatic imine (C=N–C) groups is 1. The zero-order chi connectivity index (χ0) is 19.8. The lowest BCUT2D eigenvalue weighted by molar-refractivity contribution is 0.476. The lowest BCUT2D eigenvalue weighted by Crippen LogP contribution is -2.38. The third kappa shape index (κ3) is 7.08. The van der Waals surface area contributed by atoms with E-state index in [-0.39, 0.29) is 24.0 Å². The van der Waals surface area contributed by atoms with Crippen LogP contribution in [0.15, 0.2) is 77.1 Å². The van der Waals surface area contributed by atoms with Crippen LogP contribution in [0.2, 0.25) is 0 Å². The van der Waals surface area contributed by atoms with Crippen LogP contribution >= 0.6 is 35.7 Å². The van der Waals surface area contributed by atoms with Gasteiger partial charge in [-0.1, -0.05) is 36.4 Å².